The number of nitrogens with zero attached hydrogens (tertiary/aromatic N) is 1. The van der Waals surface area contributed by atoms with Crippen LogP contribution in [0.25, 0.3) is 0 Å². The zero-order chi connectivity index (χ0) is 15.3. The molecule has 2 fully saturated rings. The van der Waals surface area contributed by atoms with E-state index in [0.717, 1.165) is 18.8 Å². The minimum Gasteiger partial charge on any atom is -0.468 e. The molecule has 1 heterocycles. The zero-order valence-corrected chi connectivity index (χ0v) is 14.0. The van der Waals surface area contributed by atoms with Gasteiger partial charge in [-0.2, -0.15) is 0 Å². The van der Waals surface area contributed by atoms with E-state index in [0.29, 0.717) is 6.04 Å². The summed E-state index contributed by atoms with van der Waals surface area (Å²) in [6.45, 7) is 8.02. The maximum absolute atomic E-state index is 12.0. The van der Waals surface area contributed by atoms with Crippen molar-refractivity contribution in [1.82, 2.24) is 10.2 Å². The van der Waals surface area contributed by atoms with Crippen molar-refractivity contribution in [2.45, 2.75) is 70.4 Å². The quantitative estimate of drug-likeness (QED) is 0.552. The number of methoxy groups -OCH3 is 1. The number of ether oxygens (including phenoxy) is 1. The van der Waals surface area contributed by atoms with Gasteiger partial charge in [-0.15, -0.1) is 0 Å². The van der Waals surface area contributed by atoms with Gasteiger partial charge in [0.05, 0.1) is 7.11 Å². The molecule has 1 atom stereocenters. The van der Waals surface area contributed by atoms with Crippen LogP contribution >= 0.6 is 0 Å². The fourth-order valence-corrected chi connectivity index (χ4v) is 3.24. The molecule has 0 aromatic rings. The first-order valence-corrected chi connectivity index (χ1v) is 8.62. The van der Waals surface area contributed by atoms with Gasteiger partial charge in [0.15, 0.2) is 0 Å². The molecule has 1 saturated carbocycles. The van der Waals surface area contributed by atoms with Crippen molar-refractivity contribution in [1.29, 1.82) is 0 Å². The van der Waals surface area contributed by atoms with E-state index in [-0.39, 0.29) is 5.97 Å². The predicted molar refractivity (Wildman–Crippen MR) is 85.3 cm³/mol. The first-order chi connectivity index (χ1) is 10.0. The van der Waals surface area contributed by atoms with Crippen molar-refractivity contribution in [2.75, 3.05) is 26.7 Å². The summed E-state index contributed by atoms with van der Waals surface area (Å²) >= 11 is 0. The Kier molecular flexibility index (Phi) is 6.06. The summed E-state index contributed by atoms with van der Waals surface area (Å²) in [5.74, 6) is 0.785. The molecule has 0 aromatic carbocycles. The smallest absolute Gasteiger partial charge is 0.325 e. The van der Waals surface area contributed by atoms with Gasteiger partial charge in [0.25, 0.3) is 0 Å². The summed E-state index contributed by atoms with van der Waals surface area (Å²) in [6.07, 6.45) is 8.19. The summed E-state index contributed by atoms with van der Waals surface area (Å²) in [6, 6.07) is 0.526. The molecular weight excluding hydrogens is 264 g/mol. The largest absolute Gasteiger partial charge is 0.468 e. The minimum atomic E-state index is -0.494. The second-order valence-electron chi connectivity index (χ2n) is 7.22. The number of carbonyl (C=O) groups is 1. The molecule has 4 nitrogen and oxygen atoms in total. The van der Waals surface area contributed by atoms with E-state index in [1.807, 2.05) is 6.92 Å². The lowest BCUT2D eigenvalue weighted by molar-refractivity contribution is -0.148. The Morgan fingerprint density at radius 3 is 2.48 bits per heavy atom. The van der Waals surface area contributed by atoms with Crippen molar-refractivity contribution < 1.29 is 9.53 Å². The van der Waals surface area contributed by atoms with Crippen LogP contribution in [0.3, 0.4) is 0 Å². The van der Waals surface area contributed by atoms with Gasteiger partial charge in [-0.25, -0.2) is 0 Å². The zero-order valence-electron chi connectivity index (χ0n) is 14.0. The van der Waals surface area contributed by atoms with Gasteiger partial charge >= 0.3 is 5.97 Å². The summed E-state index contributed by atoms with van der Waals surface area (Å²) in [7, 11) is 1.49. The third kappa shape index (κ3) is 5.26. The Morgan fingerprint density at radius 2 is 1.90 bits per heavy atom. The predicted octanol–water partition coefficient (Wildman–Crippen LogP) is 2.57. The molecule has 0 amide bonds. The maximum atomic E-state index is 12.0. The van der Waals surface area contributed by atoms with E-state index in [2.05, 4.69) is 17.1 Å². The molecule has 4 heteroatoms. The number of rotatable bonds is 8. The highest BCUT2D eigenvalue weighted by Gasteiger charge is 2.38. The van der Waals surface area contributed by atoms with Crippen LogP contribution in [0.15, 0.2) is 0 Å². The van der Waals surface area contributed by atoms with Crippen LogP contribution in [-0.4, -0.2) is 49.2 Å². The van der Waals surface area contributed by atoms with E-state index in [4.69, 9.17) is 4.74 Å². The molecule has 2 aliphatic rings. The van der Waals surface area contributed by atoms with Gasteiger partial charge in [-0.3, -0.25) is 10.1 Å². The summed E-state index contributed by atoms with van der Waals surface area (Å²) < 4.78 is 4.99. The third-order valence-corrected chi connectivity index (χ3v) is 5.01. The normalized spacial score (nSPS) is 23.8. The second kappa shape index (κ2) is 7.59. The molecule has 1 aliphatic heterocycles. The van der Waals surface area contributed by atoms with Crippen molar-refractivity contribution in [3.63, 3.8) is 0 Å². The number of piperidine rings is 1. The molecule has 1 saturated heterocycles. The number of carbonyl (C=O) groups excluding carboxylic acids is 1. The van der Waals surface area contributed by atoms with Gasteiger partial charge in [-0.05, 0) is 77.4 Å². The van der Waals surface area contributed by atoms with Crippen LogP contribution in [0.4, 0.5) is 0 Å². The standard InChI is InChI=1S/C17H32N2O2/c1-14-8-12-19(13-9-14)11-5-4-10-17(2,16(20)21-3)18-15-6-7-15/h14-15,18H,4-13H2,1-3H3. The molecule has 1 aliphatic carbocycles. The van der Waals surface area contributed by atoms with Gasteiger partial charge in [0, 0.05) is 6.04 Å². The molecule has 0 radical (unpaired) electrons. The van der Waals surface area contributed by atoms with E-state index >= 15 is 0 Å². The maximum Gasteiger partial charge on any atom is 0.325 e. The fourth-order valence-electron chi connectivity index (χ4n) is 3.24. The number of hydrogen-bond acceptors (Lipinski definition) is 4. The number of likely N-dealkylation sites (tertiary alicyclic amines) is 1. The topological polar surface area (TPSA) is 41.6 Å². The third-order valence-electron chi connectivity index (χ3n) is 5.01. The molecular formula is C17H32N2O2. The number of esters is 1. The molecule has 21 heavy (non-hydrogen) atoms. The highest BCUT2D eigenvalue weighted by atomic mass is 16.5. The monoisotopic (exact) mass is 296 g/mol. The van der Waals surface area contributed by atoms with Crippen LogP contribution in [0.5, 0.6) is 0 Å². The van der Waals surface area contributed by atoms with E-state index in [1.54, 1.807) is 0 Å². The summed E-state index contributed by atoms with van der Waals surface area (Å²) in [5.41, 5.74) is -0.494. The molecule has 1 N–H and O–H groups in total. The summed E-state index contributed by atoms with van der Waals surface area (Å²) in [4.78, 5) is 14.6. The van der Waals surface area contributed by atoms with E-state index in [1.165, 1.54) is 58.8 Å². The van der Waals surface area contributed by atoms with Gasteiger partial charge in [-0.1, -0.05) is 6.92 Å². The van der Waals surface area contributed by atoms with Crippen LogP contribution < -0.4 is 5.32 Å². The average Bonchev–Trinajstić information content (AvgIpc) is 3.28. The van der Waals surface area contributed by atoms with E-state index in [9.17, 15) is 4.79 Å². The van der Waals surface area contributed by atoms with Crippen molar-refractivity contribution in [3.05, 3.63) is 0 Å². The Morgan fingerprint density at radius 1 is 1.24 bits per heavy atom. The lowest BCUT2D eigenvalue weighted by Gasteiger charge is -2.31. The summed E-state index contributed by atoms with van der Waals surface area (Å²) in [5, 5.41) is 3.47. The molecule has 0 aromatic heterocycles. The molecule has 1 unspecified atom stereocenters. The Balaban J connectivity index is 1.68. The highest BCUT2D eigenvalue weighted by molar-refractivity contribution is 5.80. The fraction of sp³-hybridized carbons (Fsp3) is 0.941. The van der Waals surface area contributed by atoms with Crippen LogP contribution in [0, 0.1) is 5.92 Å². The van der Waals surface area contributed by atoms with Gasteiger partial charge in [0.2, 0.25) is 0 Å². The van der Waals surface area contributed by atoms with Crippen LogP contribution in [0.1, 0.15) is 58.8 Å². The number of hydrogen-bond donors (Lipinski definition) is 1. The SMILES string of the molecule is COC(=O)C(C)(CCCCN1CCC(C)CC1)NC1CC1. The van der Waals surface area contributed by atoms with Crippen molar-refractivity contribution >= 4 is 5.97 Å². The average molecular weight is 296 g/mol. The van der Waals surface area contributed by atoms with Crippen LogP contribution in [0.2, 0.25) is 0 Å². The Bertz CT molecular complexity index is 336. The van der Waals surface area contributed by atoms with Gasteiger partial charge in [0.1, 0.15) is 5.54 Å². The molecule has 0 spiro atoms. The minimum absolute atomic E-state index is 0.110. The first kappa shape index (κ1) is 16.8. The lowest BCUT2D eigenvalue weighted by Crippen LogP contribution is -2.51. The highest BCUT2D eigenvalue weighted by Crippen LogP contribution is 2.26. The Hall–Kier alpha value is -0.610. The Labute approximate surface area is 129 Å². The molecule has 0 bridgehead atoms. The van der Waals surface area contributed by atoms with Crippen molar-refractivity contribution in [3.8, 4) is 0 Å². The van der Waals surface area contributed by atoms with Gasteiger partial charge < -0.3 is 9.64 Å². The first-order valence-electron chi connectivity index (χ1n) is 8.62. The number of nitrogens with one attached hydrogen (secondary N) is 1. The van der Waals surface area contributed by atoms with Crippen molar-refractivity contribution in [2.24, 2.45) is 5.92 Å². The molecule has 2 rings (SSSR count). The second-order valence-corrected chi connectivity index (χ2v) is 7.22. The number of unbranched alkanes of at least 4 members (excludes halogenated alkanes) is 1. The van der Waals surface area contributed by atoms with E-state index < -0.39 is 5.54 Å². The van der Waals surface area contributed by atoms with Crippen LogP contribution in [-0.2, 0) is 9.53 Å². The lowest BCUT2D eigenvalue weighted by atomic mass is 9.94. The molecule has 122 valence electrons.